The van der Waals surface area contributed by atoms with E-state index in [1.165, 1.54) is 0 Å². The summed E-state index contributed by atoms with van der Waals surface area (Å²) < 4.78 is 5.66. The van der Waals surface area contributed by atoms with E-state index in [1.54, 1.807) is 0 Å². The van der Waals surface area contributed by atoms with Gasteiger partial charge < -0.3 is 4.42 Å². The molecule has 4 heteroatoms. The largest absolute Gasteiger partial charge is 0.441 e. The van der Waals surface area contributed by atoms with E-state index in [4.69, 9.17) is 27.6 Å². The number of para-hydroxylation sites is 2. The van der Waals surface area contributed by atoms with Crippen LogP contribution in [-0.2, 0) is 6.42 Å². The van der Waals surface area contributed by atoms with E-state index in [0.29, 0.717) is 17.3 Å². The highest BCUT2D eigenvalue weighted by molar-refractivity contribution is 6.32. The summed E-state index contributed by atoms with van der Waals surface area (Å²) in [5.41, 5.74) is 2.52. The number of rotatable bonds is 3. The predicted molar refractivity (Wildman–Crippen MR) is 77.8 cm³/mol. The quantitative estimate of drug-likeness (QED) is 0.635. The van der Waals surface area contributed by atoms with Crippen LogP contribution < -0.4 is 0 Å². The fourth-order valence-corrected chi connectivity index (χ4v) is 2.65. The Morgan fingerprint density at radius 1 is 1.05 bits per heavy atom. The van der Waals surface area contributed by atoms with Gasteiger partial charge in [-0.1, -0.05) is 41.9 Å². The van der Waals surface area contributed by atoms with E-state index in [0.717, 1.165) is 16.7 Å². The average Bonchev–Trinajstić information content (AvgIpc) is 2.81. The molecule has 0 radical (unpaired) electrons. The Hall–Kier alpha value is -1.51. The van der Waals surface area contributed by atoms with Crippen molar-refractivity contribution in [1.29, 1.82) is 0 Å². The number of nitrogens with zero attached hydrogens (tertiary/aromatic N) is 1. The van der Waals surface area contributed by atoms with Crippen LogP contribution in [0.1, 0.15) is 16.8 Å². The zero-order valence-electron chi connectivity index (χ0n) is 10.0. The molecular weight excluding hydrogens is 281 g/mol. The Balaban J connectivity index is 1.86. The maximum Gasteiger partial charge on any atom is 0.197 e. The summed E-state index contributed by atoms with van der Waals surface area (Å²) in [7, 11) is 0. The zero-order chi connectivity index (χ0) is 13.2. The van der Waals surface area contributed by atoms with Gasteiger partial charge in [0.05, 0.1) is 5.38 Å². The number of alkyl halides is 1. The molecule has 3 aromatic rings. The summed E-state index contributed by atoms with van der Waals surface area (Å²) in [5, 5.41) is 0.417. The molecule has 1 heterocycles. The number of hydrogen-bond acceptors (Lipinski definition) is 2. The minimum Gasteiger partial charge on any atom is -0.441 e. The first kappa shape index (κ1) is 12.5. The lowest BCUT2D eigenvalue weighted by Crippen LogP contribution is -1.96. The molecule has 0 saturated heterocycles. The summed E-state index contributed by atoms with van der Waals surface area (Å²) in [4.78, 5) is 4.41. The minimum atomic E-state index is -0.248. The molecule has 0 aliphatic heterocycles. The fraction of sp³-hybridized carbons (Fsp3) is 0.133. The molecule has 1 aromatic heterocycles. The Morgan fingerprint density at radius 2 is 1.79 bits per heavy atom. The standard InChI is InChI=1S/C15H11Cl2NO/c16-11-6-2-1-5-10(11)12(17)9-15-18-13-7-3-4-8-14(13)19-15/h1-8,12H,9H2. The van der Waals surface area contributed by atoms with E-state index in [9.17, 15) is 0 Å². The van der Waals surface area contributed by atoms with Crippen LogP contribution in [0.25, 0.3) is 11.1 Å². The van der Waals surface area contributed by atoms with E-state index in [2.05, 4.69) is 4.98 Å². The molecular formula is C15H11Cl2NO. The molecule has 2 aromatic carbocycles. The predicted octanol–water partition coefficient (Wildman–Crippen LogP) is 5.00. The molecule has 0 bridgehead atoms. The van der Waals surface area contributed by atoms with Gasteiger partial charge in [-0.15, -0.1) is 11.6 Å². The van der Waals surface area contributed by atoms with Crippen molar-refractivity contribution in [1.82, 2.24) is 4.98 Å². The first-order valence-corrected chi connectivity index (χ1v) is 6.78. The van der Waals surface area contributed by atoms with Crippen molar-refractivity contribution < 1.29 is 4.42 Å². The molecule has 3 rings (SSSR count). The Labute approximate surface area is 121 Å². The van der Waals surface area contributed by atoms with E-state index in [1.807, 2.05) is 48.5 Å². The zero-order valence-corrected chi connectivity index (χ0v) is 11.5. The molecule has 0 spiro atoms. The van der Waals surface area contributed by atoms with Gasteiger partial charge in [0.2, 0.25) is 0 Å². The maximum absolute atomic E-state index is 6.39. The number of oxazole rings is 1. The van der Waals surface area contributed by atoms with Gasteiger partial charge in [0, 0.05) is 11.4 Å². The van der Waals surface area contributed by atoms with Gasteiger partial charge in [0.15, 0.2) is 11.5 Å². The summed E-state index contributed by atoms with van der Waals surface area (Å²) in [6.07, 6.45) is 0.514. The number of halogens is 2. The first-order valence-electron chi connectivity index (χ1n) is 5.97. The van der Waals surface area contributed by atoms with Crippen molar-refractivity contribution in [2.45, 2.75) is 11.8 Å². The van der Waals surface area contributed by atoms with Crippen molar-refractivity contribution in [3.63, 3.8) is 0 Å². The fourth-order valence-electron chi connectivity index (χ4n) is 2.00. The Kier molecular flexibility index (Phi) is 3.45. The summed E-state index contributed by atoms with van der Waals surface area (Å²) in [5.74, 6) is 0.626. The SMILES string of the molecule is Clc1ccccc1C(Cl)Cc1nc2ccccc2o1. The lowest BCUT2D eigenvalue weighted by Gasteiger charge is -2.08. The van der Waals surface area contributed by atoms with Crippen molar-refractivity contribution >= 4 is 34.3 Å². The summed E-state index contributed by atoms with van der Waals surface area (Å²) in [6.45, 7) is 0. The van der Waals surface area contributed by atoms with Crippen LogP contribution in [0, 0.1) is 0 Å². The van der Waals surface area contributed by atoms with E-state index < -0.39 is 0 Å². The highest BCUT2D eigenvalue weighted by Crippen LogP contribution is 2.31. The lowest BCUT2D eigenvalue weighted by atomic mass is 10.1. The second-order valence-electron chi connectivity index (χ2n) is 4.27. The first-order chi connectivity index (χ1) is 9.24. The molecule has 96 valence electrons. The molecule has 0 aliphatic rings. The third kappa shape index (κ3) is 2.60. The van der Waals surface area contributed by atoms with Gasteiger partial charge in [-0.3, -0.25) is 0 Å². The highest BCUT2D eigenvalue weighted by Gasteiger charge is 2.15. The maximum atomic E-state index is 6.39. The smallest absolute Gasteiger partial charge is 0.197 e. The monoisotopic (exact) mass is 291 g/mol. The number of hydrogen-bond donors (Lipinski definition) is 0. The van der Waals surface area contributed by atoms with Gasteiger partial charge in [-0.2, -0.15) is 0 Å². The van der Waals surface area contributed by atoms with Crippen LogP contribution in [0.4, 0.5) is 0 Å². The average molecular weight is 292 g/mol. The van der Waals surface area contributed by atoms with Crippen LogP contribution in [0.15, 0.2) is 52.9 Å². The van der Waals surface area contributed by atoms with E-state index in [-0.39, 0.29) is 5.38 Å². The minimum absolute atomic E-state index is 0.248. The number of benzene rings is 2. The van der Waals surface area contributed by atoms with Crippen LogP contribution >= 0.6 is 23.2 Å². The van der Waals surface area contributed by atoms with Crippen LogP contribution in [0.5, 0.6) is 0 Å². The summed E-state index contributed by atoms with van der Waals surface area (Å²) in [6, 6.07) is 15.2. The van der Waals surface area contributed by atoms with Crippen molar-refractivity contribution in [2.75, 3.05) is 0 Å². The third-order valence-corrected chi connectivity index (χ3v) is 3.67. The van der Waals surface area contributed by atoms with Crippen molar-refractivity contribution in [3.8, 4) is 0 Å². The molecule has 2 nitrogen and oxygen atoms in total. The van der Waals surface area contributed by atoms with Crippen LogP contribution in [-0.4, -0.2) is 4.98 Å². The third-order valence-electron chi connectivity index (χ3n) is 2.93. The molecule has 19 heavy (non-hydrogen) atoms. The molecule has 0 aliphatic carbocycles. The van der Waals surface area contributed by atoms with Crippen LogP contribution in [0.3, 0.4) is 0 Å². The van der Waals surface area contributed by atoms with Crippen molar-refractivity contribution in [2.24, 2.45) is 0 Å². The number of aromatic nitrogens is 1. The molecule has 0 fully saturated rings. The van der Waals surface area contributed by atoms with Gasteiger partial charge >= 0.3 is 0 Å². The molecule has 0 N–H and O–H groups in total. The molecule has 1 atom stereocenters. The van der Waals surface area contributed by atoms with Crippen molar-refractivity contribution in [3.05, 3.63) is 65.0 Å². The van der Waals surface area contributed by atoms with Crippen LogP contribution in [0.2, 0.25) is 5.02 Å². The summed E-state index contributed by atoms with van der Waals surface area (Å²) >= 11 is 12.5. The van der Waals surface area contributed by atoms with Gasteiger partial charge in [0.25, 0.3) is 0 Å². The van der Waals surface area contributed by atoms with E-state index >= 15 is 0 Å². The van der Waals surface area contributed by atoms with Gasteiger partial charge in [-0.05, 0) is 23.8 Å². The molecule has 1 unspecified atom stereocenters. The molecule has 0 saturated carbocycles. The van der Waals surface area contributed by atoms with Gasteiger partial charge in [0.1, 0.15) is 5.52 Å². The topological polar surface area (TPSA) is 26.0 Å². The lowest BCUT2D eigenvalue weighted by molar-refractivity contribution is 0.525. The number of fused-ring (bicyclic) bond motifs is 1. The second-order valence-corrected chi connectivity index (χ2v) is 5.20. The Morgan fingerprint density at radius 3 is 2.58 bits per heavy atom. The highest BCUT2D eigenvalue weighted by atomic mass is 35.5. The second kappa shape index (κ2) is 5.24. The van der Waals surface area contributed by atoms with Gasteiger partial charge in [-0.25, -0.2) is 4.98 Å². The Bertz CT molecular complexity index is 675. The molecule has 0 amide bonds. The normalized spacial score (nSPS) is 12.7.